The van der Waals surface area contributed by atoms with Crippen LogP contribution in [0.4, 0.5) is 0 Å². The van der Waals surface area contributed by atoms with Crippen molar-refractivity contribution in [1.82, 2.24) is 19.6 Å². The van der Waals surface area contributed by atoms with Crippen molar-refractivity contribution in [2.24, 2.45) is 0 Å². The number of amides is 1. The van der Waals surface area contributed by atoms with Crippen LogP contribution in [0.1, 0.15) is 50.9 Å². The Morgan fingerprint density at radius 3 is 2.48 bits per heavy atom. The van der Waals surface area contributed by atoms with Crippen molar-refractivity contribution in [1.29, 1.82) is 0 Å². The molecule has 0 radical (unpaired) electrons. The molecule has 3 heterocycles. The third kappa shape index (κ3) is 3.91. The number of likely N-dealkylation sites (tertiary alicyclic amines) is 1. The van der Waals surface area contributed by atoms with E-state index >= 15 is 0 Å². The molecule has 1 amide bonds. The van der Waals surface area contributed by atoms with E-state index in [1.54, 1.807) is 24.3 Å². The van der Waals surface area contributed by atoms with Gasteiger partial charge in [0.2, 0.25) is 0 Å². The molecule has 0 atom stereocenters. The molecule has 0 spiro atoms. The smallest absolute Gasteiger partial charge is 0.337 e. The quantitative estimate of drug-likeness (QED) is 0.606. The monoisotopic (exact) mass is 412 g/mol. The zero-order valence-electron chi connectivity index (χ0n) is 16.1. The summed E-state index contributed by atoms with van der Waals surface area (Å²) in [5.74, 6) is 0.457. The fraction of sp³-hybridized carbons (Fsp3) is 0.350. The number of ether oxygens (including phenoxy) is 1. The van der Waals surface area contributed by atoms with E-state index in [0.29, 0.717) is 30.0 Å². The Morgan fingerprint density at radius 1 is 1.17 bits per heavy atom. The first-order valence-corrected chi connectivity index (χ1v) is 10.1. The SMILES string of the molecule is COC(=O)c1ccc(C(=O)N2CCC(c3nnsc3-c3cc(C)no3)CC2)cc1. The van der Waals surface area contributed by atoms with E-state index in [9.17, 15) is 9.59 Å². The average Bonchev–Trinajstić information content (AvgIpc) is 3.42. The molecule has 0 bridgehead atoms. The van der Waals surface area contributed by atoms with Crippen molar-refractivity contribution < 1.29 is 18.8 Å². The van der Waals surface area contributed by atoms with Crippen LogP contribution in [0.25, 0.3) is 10.6 Å². The fourth-order valence-corrected chi connectivity index (χ4v) is 4.21. The summed E-state index contributed by atoms with van der Waals surface area (Å²) in [6.07, 6.45) is 1.61. The van der Waals surface area contributed by atoms with Gasteiger partial charge in [0.05, 0.1) is 24.1 Å². The Morgan fingerprint density at radius 2 is 1.86 bits per heavy atom. The minimum atomic E-state index is -0.417. The van der Waals surface area contributed by atoms with E-state index in [-0.39, 0.29) is 11.8 Å². The van der Waals surface area contributed by atoms with Crippen LogP contribution in [-0.2, 0) is 4.74 Å². The highest BCUT2D eigenvalue weighted by Gasteiger charge is 2.29. The summed E-state index contributed by atoms with van der Waals surface area (Å²) in [5, 5.41) is 8.27. The maximum atomic E-state index is 12.8. The van der Waals surface area contributed by atoms with E-state index in [2.05, 4.69) is 19.5 Å². The number of piperidine rings is 1. The molecule has 1 aliphatic rings. The van der Waals surface area contributed by atoms with Gasteiger partial charge in [0, 0.05) is 30.6 Å². The highest BCUT2D eigenvalue weighted by Crippen LogP contribution is 2.36. The molecule has 0 aliphatic carbocycles. The molecule has 4 rings (SSSR count). The van der Waals surface area contributed by atoms with Gasteiger partial charge in [-0.15, -0.1) is 5.10 Å². The average molecular weight is 412 g/mol. The largest absolute Gasteiger partial charge is 0.465 e. The summed E-state index contributed by atoms with van der Waals surface area (Å²) >= 11 is 1.31. The highest BCUT2D eigenvalue weighted by atomic mass is 32.1. The molecule has 1 aliphatic heterocycles. The van der Waals surface area contributed by atoms with Gasteiger partial charge >= 0.3 is 5.97 Å². The first-order valence-electron chi connectivity index (χ1n) is 9.30. The molecule has 0 unspecified atom stereocenters. The summed E-state index contributed by atoms with van der Waals surface area (Å²) < 4.78 is 14.2. The van der Waals surface area contributed by atoms with Crippen molar-refractivity contribution >= 4 is 23.4 Å². The van der Waals surface area contributed by atoms with Gasteiger partial charge in [-0.3, -0.25) is 4.79 Å². The van der Waals surface area contributed by atoms with Crippen LogP contribution in [0.3, 0.4) is 0 Å². The molecule has 3 aromatic rings. The van der Waals surface area contributed by atoms with Gasteiger partial charge in [-0.05, 0) is 55.6 Å². The zero-order chi connectivity index (χ0) is 20.4. The number of rotatable bonds is 4. The third-order valence-electron chi connectivity index (χ3n) is 5.09. The van der Waals surface area contributed by atoms with E-state index < -0.39 is 5.97 Å². The number of carbonyl (C=O) groups is 2. The number of nitrogens with zero attached hydrogens (tertiary/aromatic N) is 4. The number of benzene rings is 1. The van der Waals surface area contributed by atoms with Crippen molar-refractivity contribution in [3.63, 3.8) is 0 Å². The number of methoxy groups -OCH3 is 1. The van der Waals surface area contributed by atoms with Crippen LogP contribution in [0.5, 0.6) is 0 Å². The highest BCUT2D eigenvalue weighted by molar-refractivity contribution is 7.09. The topological polar surface area (TPSA) is 98.4 Å². The molecular formula is C20H20N4O4S. The number of aromatic nitrogens is 3. The number of esters is 1. The molecule has 9 heteroatoms. The Bertz CT molecular complexity index is 1020. The van der Waals surface area contributed by atoms with Crippen molar-refractivity contribution in [3.8, 4) is 10.6 Å². The molecule has 1 saturated heterocycles. The normalized spacial score (nSPS) is 14.8. The molecule has 1 fully saturated rings. The minimum Gasteiger partial charge on any atom is -0.465 e. The molecule has 1 aromatic carbocycles. The lowest BCUT2D eigenvalue weighted by atomic mass is 9.92. The first kappa shape index (κ1) is 19.3. The second-order valence-electron chi connectivity index (χ2n) is 6.96. The predicted molar refractivity (Wildman–Crippen MR) is 106 cm³/mol. The van der Waals surface area contributed by atoms with E-state index in [4.69, 9.17) is 4.52 Å². The molecule has 150 valence electrons. The summed E-state index contributed by atoms with van der Waals surface area (Å²) in [5.41, 5.74) is 2.72. The molecule has 8 nitrogen and oxygen atoms in total. The lowest BCUT2D eigenvalue weighted by Gasteiger charge is -2.31. The summed E-state index contributed by atoms with van der Waals surface area (Å²) in [6, 6.07) is 8.43. The standard InChI is InChI=1S/C20H20N4O4S/c1-12-11-16(28-22-12)18-17(21-23-29-18)13-7-9-24(10-8-13)19(25)14-3-5-15(6-4-14)20(26)27-2/h3-6,11,13H,7-10H2,1-2H3. The Balaban J connectivity index is 1.42. The predicted octanol–water partition coefficient (Wildman–Crippen LogP) is 3.31. The zero-order valence-corrected chi connectivity index (χ0v) is 16.9. The number of carbonyl (C=O) groups excluding carboxylic acids is 2. The van der Waals surface area contributed by atoms with Crippen molar-refractivity contribution in [2.75, 3.05) is 20.2 Å². The number of aryl methyl sites for hydroxylation is 1. The summed E-state index contributed by atoms with van der Waals surface area (Å²) in [6.45, 7) is 3.15. The lowest BCUT2D eigenvalue weighted by Crippen LogP contribution is -2.38. The van der Waals surface area contributed by atoms with Crippen LogP contribution in [-0.4, -0.2) is 51.7 Å². The maximum Gasteiger partial charge on any atom is 0.337 e. The van der Waals surface area contributed by atoms with Crippen LogP contribution in [0.2, 0.25) is 0 Å². The van der Waals surface area contributed by atoms with Crippen LogP contribution in [0.15, 0.2) is 34.9 Å². The number of hydrogen-bond acceptors (Lipinski definition) is 8. The van der Waals surface area contributed by atoms with Gasteiger partial charge in [-0.2, -0.15) is 0 Å². The third-order valence-corrected chi connectivity index (χ3v) is 5.84. The Kier molecular flexibility index (Phi) is 5.39. The van der Waals surface area contributed by atoms with Gasteiger partial charge < -0.3 is 14.2 Å². The van der Waals surface area contributed by atoms with Gasteiger partial charge in [-0.25, -0.2) is 4.79 Å². The molecular weight excluding hydrogens is 392 g/mol. The molecule has 0 N–H and O–H groups in total. The Labute approximate surface area is 171 Å². The fourth-order valence-electron chi connectivity index (χ4n) is 3.51. The van der Waals surface area contributed by atoms with E-state index in [0.717, 1.165) is 29.1 Å². The van der Waals surface area contributed by atoms with E-state index in [1.165, 1.54) is 18.6 Å². The van der Waals surface area contributed by atoms with Gasteiger partial charge in [0.15, 0.2) is 5.76 Å². The van der Waals surface area contributed by atoms with Crippen LogP contribution in [0, 0.1) is 6.92 Å². The van der Waals surface area contributed by atoms with Gasteiger partial charge in [0.1, 0.15) is 4.88 Å². The minimum absolute atomic E-state index is 0.0395. The van der Waals surface area contributed by atoms with Crippen LogP contribution < -0.4 is 0 Å². The first-order chi connectivity index (χ1) is 14.1. The summed E-state index contributed by atoms with van der Waals surface area (Å²) in [7, 11) is 1.33. The lowest BCUT2D eigenvalue weighted by molar-refractivity contribution is 0.0599. The van der Waals surface area contributed by atoms with Gasteiger partial charge in [0.25, 0.3) is 5.91 Å². The number of hydrogen-bond donors (Lipinski definition) is 0. The van der Waals surface area contributed by atoms with Crippen LogP contribution >= 0.6 is 11.5 Å². The van der Waals surface area contributed by atoms with Crippen molar-refractivity contribution in [3.05, 3.63) is 52.8 Å². The molecule has 29 heavy (non-hydrogen) atoms. The van der Waals surface area contributed by atoms with E-state index in [1.807, 2.05) is 17.9 Å². The second kappa shape index (κ2) is 8.12. The maximum absolute atomic E-state index is 12.8. The Hall–Kier alpha value is -3.07. The second-order valence-corrected chi connectivity index (χ2v) is 7.71. The van der Waals surface area contributed by atoms with Crippen molar-refractivity contribution in [2.45, 2.75) is 25.7 Å². The van der Waals surface area contributed by atoms with Gasteiger partial charge in [-0.1, -0.05) is 9.64 Å². The molecule has 2 aromatic heterocycles. The molecule has 0 saturated carbocycles. The summed E-state index contributed by atoms with van der Waals surface area (Å²) in [4.78, 5) is 27.1.